The van der Waals surface area contributed by atoms with Crippen LogP contribution in [-0.4, -0.2) is 9.97 Å². The maximum Gasteiger partial charge on any atom is 0.0897 e. The molecule has 0 bridgehead atoms. The summed E-state index contributed by atoms with van der Waals surface area (Å²) in [5.41, 5.74) is 4.41. The van der Waals surface area contributed by atoms with Gasteiger partial charge < -0.3 is 0 Å². The van der Waals surface area contributed by atoms with E-state index >= 15 is 0 Å². The fraction of sp³-hybridized carbons (Fsp3) is 0.0909. The summed E-state index contributed by atoms with van der Waals surface area (Å²) in [5, 5.41) is 0.668. The average Bonchev–Trinajstić information content (AvgIpc) is 2.31. The van der Waals surface area contributed by atoms with Crippen molar-refractivity contribution in [1.29, 1.82) is 0 Å². The quantitative estimate of drug-likeness (QED) is 0.627. The summed E-state index contributed by atoms with van der Waals surface area (Å²) in [6.45, 7) is 0. The maximum atomic E-state index is 5.93. The van der Waals surface area contributed by atoms with Crippen LogP contribution in [0.5, 0.6) is 0 Å². The van der Waals surface area contributed by atoms with Gasteiger partial charge in [-0.1, -0.05) is 23.7 Å². The number of halogens is 1. The topological polar surface area (TPSA) is 63.8 Å². The van der Waals surface area contributed by atoms with Crippen LogP contribution < -0.4 is 11.3 Å². The molecule has 1 aromatic heterocycles. The van der Waals surface area contributed by atoms with Crippen LogP contribution in [0.1, 0.15) is 17.3 Å². The predicted octanol–water partition coefficient (Wildman–Crippen LogP) is 1.68. The monoisotopic (exact) mass is 234 g/mol. The highest BCUT2D eigenvalue weighted by molar-refractivity contribution is 6.30. The van der Waals surface area contributed by atoms with E-state index in [9.17, 15) is 0 Å². The molecule has 0 aliphatic carbocycles. The number of nitrogens with one attached hydrogen (secondary N) is 1. The van der Waals surface area contributed by atoms with Crippen LogP contribution in [-0.2, 0) is 0 Å². The number of hydrogen-bond donors (Lipinski definition) is 2. The summed E-state index contributed by atoms with van der Waals surface area (Å²) in [5.74, 6) is 5.53. The third kappa shape index (κ3) is 2.36. The number of nitrogens with zero attached hydrogens (tertiary/aromatic N) is 2. The molecular formula is C11H11ClN4. The summed E-state index contributed by atoms with van der Waals surface area (Å²) in [6, 6.07) is 7.27. The Labute approximate surface area is 98.5 Å². The van der Waals surface area contributed by atoms with Crippen LogP contribution in [0.2, 0.25) is 5.02 Å². The van der Waals surface area contributed by atoms with Gasteiger partial charge in [-0.3, -0.25) is 15.8 Å². The van der Waals surface area contributed by atoms with Gasteiger partial charge in [-0.2, -0.15) is 0 Å². The van der Waals surface area contributed by atoms with Gasteiger partial charge in [0, 0.05) is 17.4 Å². The molecule has 1 unspecified atom stereocenters. The smallest absolute Gasteiger partial charge is 0.0897 e. The molecule has 1 aromatic carbocycles. The zero-order valence-corrected chi connectivity index (χ0v) is 9.22. The van der Waals surface area contributed by atoms with Gasteiger partial charge in [0.25, 0.3) is 0 Å². The Balaban J connectivity index is 2.37. The fourth-order valence-electron chi connectivity index (χ4n) is 1.50. The van der Waals surface area contributed by atoms with E-state index in [0.717, 1.165) is 11.3 Å². The van der Waals surface area contributed by atoms with Crippen LogP contribution in [0.15, 0.2) is 42.9 Å². The highest BCUT2D eigenvalue weighted by atomic mass is 35.5. The van der Waals surface area contributed by atoms with Crippen LogP contribution >= 0.6 is 11.6 Å². The van der Waals surface area contributed by atoms with Crippen molar-refractivity contribution in [1.82, 2.24) is 15.4 Å². The van der Waals surface area contributed by atoms with E-state index in [1.165, 1.54) is 0 Å². The van der Waals surface area contributed by atoms with Gasteiger partial charge >= 0.3 is 0 Å². The molecule has 2 rings (SSSR count). The molecule has 0 aliphatic rings. The molecule has 82 valence electrons. The Morgan fingerprint density at radius 1 is 1.31 bits per heavy atom. The van der Waals surface area contributed by atoms with Crippen molar-refractivity contribution < 1.29 is 0 Å². The van der Waals surface area contributed by atoms with Gasteiger partial charge in [0.2, 0.25) is 0 Å². The van der Waals surface area contributed by atoms with Crippen LogP contribution in [0, 0.1) is 0 Å². The summed E-state index contributed by atoms with van der Waals surface area (Å²) in [7, 11) is 0. The van der Waals surface area contributed by atoms with Gasteiger partial charge in [-0.15, -0.1) is 0 Å². The van der Waals surface area contributed by atoms with E-state index in [4.69, 9.17) is 17.4 Å². The molecule has 0 fully saturated rings. The van der Waals surface area contributed by atoms with E-state index in [1.54, 1.807) is 18.6 Å². The van der Waals surface area contributed by atoms with Gasteiger partial charge in [-0.05, 0) is 17.7 Å². The number of nitrogens with two attached hydrogens (primary N) is 1. The lowest BCUT2D eigenvalue weighted by Crippen LogP contribution is -2.29. The summed E-state index contributed by atoms with van der Waals surface area (Å²) in [6.07, 6.45) is 4.92. The van der Waals surface area contributed by atoms with Gasteiger partial charge in [0.05, 0.1) is 17.9 Å². The number of hydrazine groups is 1. The lowest BCUT2D eigenvalue weighted by molar-refractivity contribution is 0.618. The molecule has 4 nitrogen and oxygen atoms in total. The van der Waals surface area contributed by atoms with E-state index in [0.29, 0.717) is 5.02 Å². The lowest BCUT2D eigenvalue weighted by atomic mass is 10.1. The number of benzene rings is 1. The summed E-state index contributed by atoms with van der Waals surface area (Å²) < 4.78 is 0. The van der Waals surface area contributed by atoms with Crippen molar-refractivity contribution in [2.24, 2.45) is 5.84 Å². The largest absolute Gasteiger partial charge is 0.271 e. The minimum absolute atomic E-state index is 0.201. The Bertz CT molecular complexity index is 461. The Kier molecular flexibility index (Phi) is 3.46. The van der Waals surface area contributed by atoms with Crippen LogP contribution in [0.3, 0.4) is 0 Å². The molecule has 5 heteroatoms. The third-order valence-electron chi connectivity index (χ3n) is 2.23. The maximum absolute atomic E-state index is 5.93. The van der Waals surface area contributed by atoms with Crippen molar-refractivity contribution in [3.8, 4) is 0 Å². The highest BCUT2D eigenvalue weighted by Gasteiger charge is 2.13. The Morgan fingerprint density at radius 2 is 2.19 bits per heavy atom. The molecule has 16 heavy (non-hydrogen) atoms. The van der Waals surface area contributed by atoms with Crippen molar-refractivity contribution in [3.63, 3.8) is 0 Å². The minimum Gasteiger partial charge on any atom is -0.271 e. The molecule has 0 radical (unpaired) electrons. The normalized spacial score (nSPS) is 12.4. The second-order valence-corrected chi connectivity index (χ2v) is 3.72. The molecule has 0 amide bonds. The molecule has 1 atom stereocenters. The van der Waals surface area contributed by atoms with Crippen molar-refractivity contribution in [2.45, 2.75) is 6.04 Å². The lowest BCUT2D eigenvalue weighted by Gasteiger charge is -2.15. The molecule has 2 aromatic rings. The zero-order chi connectivity index (χ0) is 11.4. The number of hydrogen-bond acceptors (Lipinski definition) is 4. The molecule has 0 aliphatic heterocycles. The number of rotatable bonds is 3. The van der Waals surface area contributed by atoms with Gasteiger partial charge in [0.15, 0.2) is 0 Å². The molecule has 0 spiro atoms. The predicted molar refractivity (Wildman–Crippen MR) is 62.7 cm³/mol. The SMILES string of the molecule is NNC(c1cccc(Cl)c1)c1cnccn1. The highest BCUT2D eigenvalue weighted by Crippen LogP contribution is 2.21. The first-order valence-corrected chi connectivity index (χ1v) is 5.16. The second kappa shape index (κ2) is 5.03. The van der Waals surface area contributed by atoms with E-state index in [-0.39, 0.29) is 6.04 Å². The second-order valence-electron chi connectivity index (χ2n) is 3.28. The first-order valence-electron chi connectivity index (χ1n) is 4.79. The van der Waals surface area contributed by atoms with Gasteiger partial charge in [0.1, 0.15) is 0 Å². The van der Waals surface area contributed by atoms with Crippen LogP contribution in [0.4, 0.5) is 0 Å². The molecule has 3 N–H and O–H groups in total. The van der Waals surface area contributed by atoms with Crippen LogP contribution in [0.25, 0.3) is 0 Å². The molecular weight excluding hydrogens is 224 g/mol. The standard InChI is InChI=1S/C11H11ClN4/c12-9-3-1-2-8(6-9)11(16-13)10-7-14-4-5-15-10/h1-7,11,16H,13H2. The molecule has 0 saturated carbocycles. The number of aromatic nitrogens is 2. The first kappa shape index (κ1) is 11.0. The first-order chi connectivity index (χ1) is 7.81. The van der Waals surface area contributed by atoms with Crippen molar-refractivity contribution >= 4 is 11.6 Å². The third-order valence-corrected chi connectivity index (χ3v) is 2.46. The van der Waals surface area contributed by atoms with Crippen molar-refractivity contribution in [2.75, 3.05) is 0 Å². The summed E-state index contributed by atoms with van der Waals surface area (Å²) in [4.78, 5) is 8.22. The fourth-order valence-corrected chi connectivity index (χ4v) is 1.70. The summed E-state index contributed by atoms with van der Waals surface area (Å²) >= 11 is 5.93. The van der Waals surface area contributed by atoms with E-state index in [2.05, 4.69) is 15.4 Å². The Morgan fingerprint density at radius 3 is 2.81 bits per heavy atom. The minimum atomic E-state index is -0.201. The molecule has 0 saturated heterocycles. The average molecular weight is 235 g/mol. The van der Waals surface area contributed by atoms with Crippen molar-refractivity contribution in [3.05, 3.63) is 59.1 Å². The zero-order valence-electron chi connectivity index (χ0n) is 8.47. The van der Waals surface area contributed by atoms with E-state index < -0.39 is 0 Å². The van der Waals surface area contributed by atoms with E-state index in [1.807, 2.05) is 24.3 Å². The Hall–Kier alpha value is -1.49. The molecule has 1 heterocycles. The van der Waals surface area contributed by atoms with Gasteiger partial charge in [-0.25, -0.2) is 5.43 Å².